The molecule has 27 heavy (non-hydrogen) atoms. The summed E-state index contributed by atoms with van der Waals surface area (Å²) in [6, 6.07) is 7.31. The minimum atomic E-state index is -0.249. The summed E-state index contributed by atoms with van der Waals surface area (Å²) in [6.45, 7) is 5.40. The van der Waals surface area contributed by atoms with E-state index in [1.165, 1.54) is 0 Å². The van der Waals surface area contributed by atoms with Crippen LogP contribution in [0.2, 0.25) is 0 Å². The fraction of sp³-hybridized carbons (Fsp3) is 0.550. The van der Waals surface area contributed by atoms with Crippen LogP contribution in [0.15, 0.2) is 24.3 Å². The first-order valence-electron chi connectivity index (χ1n) is 9.57. The number of halogens is 1. The van der Waals surface area contributed by atoms with Gasteiger partial charge >= 0.3 is 0 Å². The minimum Gasteiger partial charge on any atom is -0.352 e. The summed E-state index contributed by atoms with van der Waals surface area (Å²) in [5, 5.41) is 5.63. The molecule has 1 saturated heterocycles. The quantitative estimate of drug-likeness (QED) is 0.583. The van der Waals surface area contributed by atoms with Gasteiger partial charge in [0.05, 0.1) is 12.1 Å². The van der Waals surface area contributed by atoms with Gasteiger partial charge in [-0.25, -0.2) is 0 Å². The fourth-order valence-electron chi connectivity index (χ4n) is 3.32. The van der Waals surface area contributed by atoms with Crippen LogP contribution in [0.5, 0.6) is 0 Å². The molecule has 1 aliphatic rings. The third-order valence-electron chi connectivity index (χ3n) is 5.03. The van der Waals surface area contributed by atoms with Crippen molar-refractivity contribution in [3.8, 4) is 0 Å². The maximum absolute atomic E-state index is 12.4. The number of nitrogens with one attached hydrogen (secondary N) is 2. The van der Waals surface area contributed by atoms with Crippen molar-refractivity contribution < 1.29 is 14.4 Å². The van der Waals surface area contributed by atoms with Crippen molar-refractivity contribution in [2.45, 2.75) is 45.6 Å². The normalized spacial score (nSPS) is 14.9. The Balaban J connectivity index is 1.74. The summed E-state index contributed by atoms with van der Waals surface area (Å²) in [6.07, 6.45) is 3.24. The van der Waals surface area contributed by atoms with Crippen LogP contribution < -0.4 is 10.6 Å². The summed E-state index contributed by atoms with van der Waals surface area (Å²) in [5.74, 6) is -0.110. The summed E-state index contributed by atoms with van der Waals surface area (Å²) in [4.78, 5) is 38.6. The van der Waals surface area contributed by atoms with Crippen molar-refractivity contribution in [3.63, 3.8) is 0 Å². The van der Waals surface area contributed by atoms with E-state index in [1.807, 2.05) is 30.9 Å². The Morgan fingerprint density at radius 3 is 2.37 bits per heavy atom. The first-order chi connectivity index (χ1) is 13.0. The van der Waals surface area contributed by atoms with E-state index in [-0.39, 0.29) is 36.2 Å². The van der Waals surface area contributed by atoms with Crippen molar-refractivity contribution in [2.75, 3.05) is 19.6 Å². The van der Waals surface area contributed by atoms with Crippen molar-refractivity contribution in [2.24, 2.45) is 5.92 Å². The SMILES string of the molecule is CCC(CC)C(=O)N1CCC(NC(=O)CNC(=O)c2ccccc2I)CC1. The lowest BCUT2D eigenvalue weighted by molar-refractivity contribution is -0.137. The van der Waals surface area contributed by atoms with Crippen LogP contribution in [-0.4, -0.2) is 48.3 Å². The van der Waals surface area contributed by atoms with Crippen molar-refractivity contribution in [1.82, 2.24) is 15.5 Å². The van der Waals surface area contributed by atoms with E-state index in [2.05, 4.69) is 33.2 Å². The number of amides is 3. The lowest BCUT2D eigenvalue weighted by atomic mass is 9.98. The van der Waals surface area contributed by atoms with Gasteiger partial charge in [-0.1, -0.05) is 26.0 Å². The maximum atomic E-state index is 12.4. The Labute approximate surface area is 174 Å². The van der Waals surface area contributed by atoms with Gasteiger partial charge in [0.25, 0.3) is 5.91 Å². The van der Waals surface area contributed by atoms with Crippen LogP contribution in [-0.2, 0) is 9.59 Å². The number of hydrogen-bond donors (Lipinski definition) is 2. The molecule has 148 valence electrons. The zero-order valence-electron chi connectivity index (χ0n) is 16.0. The van der Waals surface area contributed by atoms with E-state index in [1.54, 1.807) is 12.1 Å². The highest BCUT2D eigenvalue weighted by Gasteiger charge is 2.27. The molecule has 1 aromatic carbocycles. The molecule has 7 heteroatoms. The lowest BCUT2D eigenvalue weighted by Gasteiger charge is -2.34. The number of rotatable bonds is 7. The van der Waals surface area contributed by atoms with Crippen molar-refractivity contribution in [3.05, 3.63) is 33.4 Å². The Hall–Kier alpha value is -1.64. The number of carbonyl (C=O) groups excluding carboxylic acids is 3. The molecule has 2 rings (SSSR count). The topological polar surface area (TPSA) is 78.5 Å². The monoisotopic (exact) mass is 485 g/mol. The number of nitrogens with zero attached hydrogens (tertiary/aromatic N) is 1. The highest BCUT2D eigenvalue weighted by atomic mass is 127. The molecular formula is C20H28IN3O3. The molecule has 0 bridgehead atoms. The fourth-order valence-corrected chi connectivity index (χ4v) is 3.95. The van der Waals surface area contributed by atoms with Gasteiger partial charge in [-0.15, -0.1) is 0 Å². The predicted molar refractivity (Wildman–Crippen MR) is 113 cm³/mol. The number of piperidine rings is 1. The average molecular weight is 485 g/mol. The number of benzene rings is 1. The van der Waals surface area contributed by atoms with Gasteiger partial charge in [0.2, 0.25) is 11.8 Å². The molecule has 0 aromatic heterocycles. The Morgan fingerprint density at radius 1 is 1.15 bits per heavy atom. The third kappa shape index (κ3) is 6.19. The van der Waals surface area contributed by atoms with E-state index < -0.39 is 0 Å². The lowest BCUT2D eigenvalue weighted by Crippen LogP contribution is -2.49. The van der Waals surface area contributed by atoms with Crippen LogP contribution in [0.4, 0.5) is 0 Å². The minimum absolute atomic E-state index is 0.0449. The second-order valence-corrected chi connectivity index (χ2v) is 8.01. The Morgan fingerprint density at radius 2 is 1.78 bits per heavy atom. The van der Waals surface area contributed by atoms with E-state index in [9.17, 15) is 14.4 Å². The molecule has 3 amide bonds. The summed E-state index contributed by atoms with van der Waals surface area (Å²) in [7, 11) is 0. The molecule has 1 fully saturated rings. The molecule has 1 heterocycles. The largest absolute Gasteiger partial charge is 0.352 e. The molecule has 1 aromatic rings. The first-order valence-corrected chi connectivity index (χ1v) is 10.6. The third-order valence-corrected chi connectivity index (χ3v) is 5.98. The summed E-state index contributed by atoms with van der Waals surface area (Å²) >= 11 is 2.10. The smallest absolute Gasteiger partial charge is 0.252 e. The molecule has 0 aliphatic carbocycles. The van der Waals surface area contributed by atoms with Crippen molar-refractivity contribution in [1.29, 1.82) is 0 Å². The number of hydrogen-bond acceptors (Lipinski definition) is 3. The van der Waals surface area contributed by atoms with Crippen LogP contribution in [0.1, 0.15) is 49.9 Å². The zero-order chi connectivity index (χ0) is 19.8. The van der Waals surface area contributed by atoms with Crippen LogP contribution in [0.25, 0.3) is 0 Å². The molecule has 6 nitrogen and oxygen atoms in total. The maximum Gasteiger partial charge on any atom is 0.252 e. The molecule has 0 saturated carbocycles. The number of carbonyl (C=O) groups is 3. The Bertz CT molecular complexity index is 668. The van der Waals surface area contributed by atoms with Gasteiger partial charge in [-0.3, -0.25) is 14.4 Å². The highest BCUT2D eigenvalue weighted by Crippen LogP contribution is 2.17. The van der Waals surface area contributed by atoms with E-state index in [0.29, 0.717) is 18.7 Å². The van der Waals surface area contributed by atoms with Gasteiger partial charge in [-0.2, -0.15) is 0 Å². The molecule has 0 atom stereocenters. The van der Waals surface area contributed by atoms with Gasteiger partial charge in [-0.05, 0) is 60.4 Å². The summed E-state index contributed by atoms with van der Waals surface area (Å²) < 4.78 is 0.850. The van der Waals surface area contributed by atoms with Crippen LogP contribution >= 0.6 is 22.6 Å². The zero-order valence-corrected chi connectivity index (χ0v) is 18.1. The second-order valence-electron chi connectivity index (χ2n) is 6.84. The van der Waals surface area contributed by atoms with Crippen molar-refractivity contribution >= 4 is 40.3 Å². The average Bonchev–Trinajstić information content (AvgIpc) is 2.68. The predicted octanol–water partition coefficient (Wildman–Crippen LogP) is 2.56. The van der Waals surface area contributed by atoms with Gasteiger partial charge in [0.1, 0.15) is 0 Å². The molecular weight excluding hydrogens is 457 g/mol. The van der Waals surface area contributed by atoms with Gasteiger partial charge in [0, 0.05) is 28.6 Å². The number of likely N-dealkylation sites (tertiary alicyclic amines) is 1. The highest BCUT2D eigenvalue weighted by molar-refractivity contribution is 14.1. The molecule has 0 spiro atoms. The Kier molecular flexibility index (Phi) is 8.53. The standard InChI is InChI=1S/C20H28IN3O3/c1-3-14(4-2)20(27)24-11-9-15(10-12-24)23-18(25)13-22-19(26)16-7-5-6-8-17(16)21/h5-8,14-15H,3-4,9-13H2,1-2H3,(H,22,26)(H,23,25). The van der Waals surface area contributed by atoms with Crippen LogP contribution in [0, 0.1) is 9.49 Å². The van der Waals surface area contributed by atoms with Gasteiger partial charge in [0.15, 0.2) is 0 Å². The second kappa shape index (κ2) is 10.6. The van der Waals surface area contributed by atoms with Gasteiger partial charge < -0.3 is 15.5 Å². The molecule has 2 N–H and O–H groups in total. The summed E-state index contributed by atoms with van der Waals surface area (Å²) in [5.41, 5.74) is 0.569. The van der Waals surface area contributed by atoms with E-state index in [0.717, 1.165) is 29.3 Å². The first kappa shape index (κ1) is 21.7. The van der Waals surface area contributed by atoms with Crippen LogP contribution in [0.3, 0.4) is 0 Å². The molecule has 0 radical (unpaired) electrons. The van der Waals surface area contributed by atoms with E-state index in [4.69, 9.17) is 0 Å². The van der Waals surface area contributed by atoms with E-state index >= 15 is 0 Å². The molecule has 0 unspecified atom stereocenters. The molecule has 1 aliphatic heterocycles.